The van der Waals surface area contributed by atoms with E-state index in [1.165, 1.54) is 19.2 Å². The van der Waals surface area contributed by atoms with E-state index in [9.17, 15) is 22.8 Å². The average Bonchev–Trinajstić information content (AvgIpc) is 2.61. The first kappa shape index (κ1) is 21.2. The highest BCUT2D eigenvalue weighted by molar-refractivity contribution is 14.1. The molecule has 0 saturated carbocycles. The van der Waals surface area contributed by atoms with Crippen LogP contribution in [0.5, 0.6) is 0 Å². The second-order valence-electron chi connectivity index (χ2n) is 5.85. The Kier molecular flexibility index (Phi) is 7.23. The van der Waals surface area contributed by atoms with Gasteiger partial charge in [-0.15, -0.1) is 0 Å². The maximum atomic E-state index is 12.8. The minimum Gasteiger partial charge on any atom is -0.467 e. The van der Waals surface area contributed by atoms with Crippen LogP contribution in [0.25, 0.3) is 0 Å². The lowest BCUT2D eigenvalue weighted by molar-refractivity contribution is -0.145. The molecule has 0 fully saturated rings. The predicted molar refractivity (Wildman–Crippen MR) is 102 cm³/mol. The van der Waals surface area contributed by atoms with Crippen molar-refractivity contribution in [3.63, 3.8) is 0 Å². The van der Waals surface area contributed by atoms with Crippen LogP contribution in [0.15, 0.2) is 48.5 Å². The third-order valence-corrected chi connectivity index (χ3v) is 4.51. The van der Waals surface area contributed by atoms with E-state index in [-0.39, 0.29) is 18.4 Å². The van der Waals surface area contributed by atoms with Crippen molar-refractivity contribution < 1.29 is 27.5 Å². The Morgan fingerprint density at radius 3 is 2.37 bits per heavy atom. The van der Waals surface area contributed by atoms with E-state index in [0.717, 1.165) is 21.3 Å². The fourth-order valence-electron chi connectivity index (χ4n) is 2.48. The average molecular weight is 491 g/mol. The monoisotopic (exact) mass is 491 g/mol. The van der Waals surface area contributed by atoms with Crippen molar-refractivity contribution in [1.29, 1.82) is 0 Å². The van der Waals surface area contributed by atoms with Crippen LogP contribution in [0.1, 0.15) is 16.7 Å². The molecule has 2 aromatic rings. The number of carbonyl (C=O) groups is 2. The van der Waals surface area contributed by atoms with E-state index in [4.69, 9.17) is 4.74 Å². The minimum atomic E-state index is -4.48. The molecule has 0 unspecified atom stereocenters. The smallest absolute Gasteiger partial charge is 0.416 e. The molecular formula is C19H17F3INO3. The molecule has 2 aromatic carbocycles. The van der Waals surface area contributed by atoms with E-state index in [2.05, 4.69) is 27.9 Å². The van der Waals surface area contributed by atoms with Crippen LogP contribution in [-0.2, 0) is 33.3 Å². The summed E-state index contributed by atoms with van der Waals surface area (Å²) in [5.74, 6) is -1.18. The number of esters is 1. The van der Waals surface area contributed by atoms with E-state index in [1.54, 1.807) is 0 Å². The van der Waals surface area contributed by atoms with Crippen LogP contribution in [0.3, 0.4) is 0 Å². The molecule has 0 aliphatic carbocycles. The molecule has 0 aliphatic heterocycles. The Hall–Kier alpha value is -2.10. The molecule has 27 heavy (non-hydrogen) atoms. The first-order valence-corrected chi connectivity index (χ1v) is 9.04. The molecule has 1 N–H and O–H groups in total. The zero-order valence-electron chi connectivity index (χ0n) is 14.3. The molecule has 1 amide bonds. The third-order valence-electron chi connectivity index (χ3n) is 3.79. The number of carbonyl (C=O) groups excluding carboxylic acids is 2. The van der Waals surface area contributed by atoms with Crippen LogP contribution >= 0.6 is 22.6 Å². The number of hydrogen-bond donors (Lipinski definition) is 1. The van der Waals surface area contributed by atoms with Gasteiger partial charge in [-0.2, -0.15) is 13.2 Å². The second-order valence-corrected chi connectivity index (χ2v) is 7.09. The Labute approximate surface area is 168 Å². The Balaban J connectivity index is 2.07. The minimum absolute atomic E-state index is 0.209. The Bertz CT molecular complexity index is 807. The summed E-state index contributed by atoms with van der Waals surface area (Å²) in [5, 5.41) is 2.54. The van der Waals surface area contributed by atoms with Gasteiger partial charge < -0.3 is 10.1 Å². The summed E-state index contributed by atoms with van der Waals surface area (Å²) >= 11 is 2.15. The molecule has 0 spiro atoms. The number of ether oxygens (including phenoxy) is 1. The molecule has 2 rings (SSSR count). The lowest BCUT2D eigenvalue weighted by Crippen LogP contribution is -2.43. The van der Waals surface area contributed by atoms with E-state index in [0.29, 0.717) is 0 Å². The molecule has 0 heterocycles. The third kappa shape index (κ3) is 6.53. The van der Waals surface area contributed by atoms with E-state index in [1.807, 2.05) is 24.3 Å². The van der Waals surface area contributed by atoms with Crippen molar-refractivity contribution in [2.24, 2.45) is 0 Å². The highest BCUT2D eigenvalue weighted by Crippen LogP contribution is 2.29. The lowest BCUT2D eigenvalue weighted by atomic mass is 10.0. The van der Waals surface area contributed by atoms with Crippen molar-refractivity contribution in [2.75, 3.05) is 7.11 Å². The number of nitrogens with one attached hydrogen (secondary N) is 1. The van der Waals surface area contributed by atoms with Crippen molar-refractivity contribution in [3.8, 4) is 0 Å². The normalized spacial score (nSPS) is 12.3. The molecule has 0 aromatic heterocycles. The number of benzene rings is 2. The summed E-state index contributed by atoms with van der Waals surface area (Å²) in [5.41, 5.74) is 0.210. The topological polar surface area (TPSA) is 55.4 Å². The van der Waals surface area contributed by atoms with Gasteiger partial charge in [0.1, 0.15) is 6.04 Å². The van der Waals surface area contributed by atoms with Gasteiger partial charge in [0.2, 0.25) is 5.91 Å². The maximum Gasteiger partial charge on any atom is 0.416 e. The summed E-state index contributed by atoms with van der Waals surface area (Å²) in [6.45, 7) is 0. The second kappa shape index (κ2) is 9.20. The molecule has 4 nitrogen and oxygen atoms in total. The molecule has 144 valence electrons. The summed E-state index contributed by atoms with van der Waals surface area (Å²) < 4.78 is 44.1. The van der Waals surface area contributed by atoms with Gasteiger partial charge >= 0.3 is 12.1 Å². The zero-order chi connectivity index (χ0) is 20.0. The zero-order valence-corrected chi connectivity index (χ0v) is 16.5. The van der Waals surface area contributed by atoms with Crippen molar-refractivity contribution in [1.82, 2.24) is 5.32 Å². The highest BCUT2D eigenvalue weighted by atomic mass is 127. The number of hydrogen-bond acceptors (Lipinski definition) is 3. The van der Waals surface area contributed by atoms with Crippen molar-refractivity contribution in [2.45, 2.75) is 25.1 Å². The number of amides is 1. The maximum absolute atomic E-state index is 12.8. The van der Waals surface area contributed by atoms with Gasteiger partial charge in [-0.25, -0.2) is 4.79 Å². The molecule has 0 bridgehead atoms. The van der Waals surface area contributed by atoms with Gasteiger partial charge in [0.15, 0.2) is 0 Å². The molecule has 8 heteroatoms. The number of alkyl halides is 3. The largest absolute Gasteiger partial charge is 0.467 e. The highest BCUT2D eigenvalue weighted by Gasteiger charge is 2.30. The first-order valence-electron chi connectivity index (χ1n) is 7.97. The molecular weight excluding hydrogens is 474 g/mol. The Morgan fingerprint density at radius 1 is 1.11 bits per heavy atom. The molecule has 0 radical (unpaired) electrons. The van der Waals surface area contributed by atoms with E-state index >= 15 is 0 Å². The van der Waals surface area contributed by atoms with Gasteiger partial charge in [0.05, 0.1) is 19.1 Å². The Morgan fingerprint density at radius 2 is 1.78 bits per heavy atom. The van der Waals surface area contributed by atoms with Gasteiger partial charge in [0, 0.05) is 9.99 Å². The number of methoxy groups -OCH3 is 1. The molecule has 0 saturated heterocycles. The fraction of sp³-hybridized carbons (Fsp3) is 0.263. The molecule has 0 aliphatic rings. The van der Waals surface area contributed by atoms with Crippen LogP contribution in [0.2, 0.25) is 0 Å². The number of halogens is 4. The SMILES string of the molecule is COC(=O)[C@H](Cc1ccc(I)cc1)NC(=O)Cc1cccc(C(F)(F)F)c1. The van der Waals surface area contributed by atoms with Gasteiger partial charge in [-0.1, -0.05) is 30.3 Å². The van der Waals surface area contributed by atoms with Crippen LogP contribution in [0.4, 0.5) is 13.2 Å². The molecule has 1 atom stereocenters. The lowest BCUT2D eigenvalue weighted by Gasteiger charge is -2.17. The summed E-state index contributed by atoms with van der Waals surface area (Å²) in [6.07, 6.45) is -4.53. The number of rotatable bonds is 6. The van der Waals surface area contributed by atoms with Gasteiger partial charge in [0.25, 0.3) is 0 Å². The van der Waals surface area contributed by atoms with Gasteiger partial charge in [-0.05, 0) is 51.9 Å². The van der Waals surface area contributed by atoms with Crippen molar-refractivity contribution >= 4 is 34.5 Å². The van der Waals surface area contributed by atoms with E-state index < -0.39 is 29.7 Å². The fourth-order valence-corrected chi connectivity index (χ4v) is 2.84. The van der Waals surface area contributed by atoms with Crippen LogP contribution in [-0.4, -0.2) is 25.0 Å². The quantitative estimate of drug-likeness (QED) is 0.495. The summed E-state index contributed by atoms with van der Waals surface area (Å²) in [4.78, 5) is 24.2. The summed E-state index contributed by atoms with van der Waals surface area (Å²) in [6, 6.07) is 11.0. The summed E-state index contributed by atoms with van der Waals surface area (Å²) in [7, 11) is 1.21. The van der Waals surface area contributed by atoms with Crippen LogP contribution < -0.4 is 5.32 Å². The first-order chi connectivity index (χ1) is 12.7. The van der Waals surface area contributed by atoms with Crippen LogP contribution in [0, 0.1) is 3.57 Å². The predicted octanol–water partition coefficient (Wildman–Crippen LogP) is 3.75. The van der Waals surface area contributed by atoms with Gasteiger partial charge in [-0.3, -0.25) is 4.79 Å². The van der Waals surface area contributed by atoms with Crippen molar-refractivity contribution in [3.05, 3.63) is 68.8 Å². The standard InChI is InChI=1S/C19H17F3INO3/c1-27-18(26)16(10-12-5-7-15(23)8-6-12)24-17(25)11-13-3-2-4-14(9-13)19(20,21)22/h2-9,16H,10-11H2,1H3,(H,24,25)/t16-/m0/s1.